The molecule has 1 aromatic heterocycles. The molecule has 2 aromatic carbocycles. The maximum atomic E-state index is 12.0. The Bertz CT molecular complexity index is 995. The lowest BCUT2D eigenvalue weighted by Crippen LogP contribution is -2.36. The van der Waals surface area contributed by atoms with Gasteiger partial charge in [-0.2, -0.15) is 4.98 Å². The molecule has 0 atom stereocenters. The van der Waals surface area contributed by atoms with E-state index >= 15 is 0 Å². The third-order valence-electron chi connectivity index (χ3n) is 3.64. The number of ether oxygens (including phenoxy) is 1. The normalized spacial score (nSPS) is 10.4. The van der Waals surface area contributed by atoms with E-state index in [4.69, 9.17) is 32.5 Å². The van der Waals surface area contributed by atoms with Crippen molar-refractivity contribution in [1.82, 2.24) is 20.8 Å². The molecular weight excluding hydrogens is 419 g/mol. The number of benzene rings is 2. The van der Waals surface area contributed by atoms with Crippen LogP contribution in [0.4, 0.5) is 0 Å². The van der Waals surface area contributed by atoms with E-state index in [1.54, 1.807) is 24.3 Å². The summed E-state index contributed by atoms with van der Waals surface area (Å²) in [6.07, 6.45) is 0. The van der Waals surface area contributed by atoms with Gasteiger partial charge in [0.2, 0.25) is 5.82 Å². The molecule has 8 nitrogen and oxygen atoms in total. The number of hydrogen-bond acceptors (Lipinski definition) is 6. The molecule has 0 saturated carbocycles. The molecule has 29 heavy (non-hydrogen) atoms. The zero-order chi connectivity index (χ0) is 20.6. The monoisotopic (exact) mass is 434 g/mol. The number of carbonyl (C=O) groups is 2. The molecule has 0 aliphatic carbocycles. The Labute approximate surface area is 176 Å². The van der Waals surface area contributed by atoms with Gasteiger partial charge in [0.15, 0.2) is 6.61 Å². The van der Waals surface area contributed by atoms with Crippen LogP contribution >= 0.6 is 23.2 Å². The number of halogens is 2. The zero-order valence-electron chi connectivity index (χ0n) is 15.0. The van der Waals surface area contributed by atoms with Crippen LogP contribution in [-0.2, 0) is 4.79 Å². The fourth-order valence-corrected chi connectivity index (χ4v) is 2.72. The smallest absolute Gasteiger partial charge is 0.316 e. The fourth-order valence-electron chi connectivity index (χ4n) is 2.26. The molecule has 0 aliphatic rings. The Balaban J connectivity index is 1.38. The summed E-state index contributed by atoms with van der Waals surface area (Å²) in [5, 5.41) is 9.75. The summed E-state index contributed by atoms with van der Waals surface area (Å²) < 4.78 is 10.3. The molecule has 150 valence electrons. The lowest BCUT2D eigenvalue weighted by atomic mass is 10.2. The minimum absolute atomic E-state index is 0.157. The van der Waals surface area contributed by atoms with Crippen LogP contribution in [0.1, 0.15) is 10.7 Å². The summed E-state index contributed by atoms with van der Waals surface area (Å²) in [5.41, 5.74) is 0.739. The summed E-state index contributed by atoms with van der Waals surface area (Å²) >= 11 is 11.8. The van der Waals surface area contributed by atoms with Gasteiger partial charge in [0.25, 0.3) is 5.91 Å². The van der Waals surface area contributed by atoms with Crippen LogP contribution in [0.25, 0.3) is 11.4 Å². The first-order valence-electron chi connectivity index (χ1n) is 8.55. The summed E-state index contributed by atoms with van der Waals surface area (Å²) in [6, 6.07) is 13.8. The van der Waals surface area contributed by atoms with Gasteiger partial charge in [0, 0.05) is 23.7 Å². The highest BCUT2D eigenvalue weighted by Crippen LogP contribution is 2.27. The molecule has 0 unspecified atom stereocenters. The van der Waals surface area contributed by atoms with Gasteiger partial charge in [-0.1, -0.05) is 58.7 Å². The molecule has 0 aliphatic heterocycles. The summed E-state index contributed by atoms with van der Waals surface area (Å²) in [4.78, 5) is 27.9. The third-order valence-corrected chi connectivity index (χ3v) is 4.17. The van der Waals surface area contributed by atoms with Crippen LogP contribution in [0.5, 0.6) is 5.75 Å². The summed E-state index contributed by atoms with van der Waals surface area (Å²) in [5.74, 6) is -0.379. The lowest BCUT2D eigenvalue weighted by molar-refractivity contribution is -0.123. The Hall–Kier alpha value is -3.10. The second-order valence-corrected chi connectivity index (χ2v) is 6.60. The maximum absolute atomic E-state index is 12.0. The van der Waals surface area contributed by atoms with Crippen molar-refractivity contribution in [2.45, 2.75) is 0 Å². The van der Waals surface area contributed by atoms with Crippen LogP contribution in [0.15, 0.2) is 53.1 Å². The maximum Gasteiger partial charge on any atom is 0.316 e. The molecule has 2 N–H and O–H groups in total. The highest BCUT2D eigenvalue weighted by atomic mass is 35.5. The van der Waals surface area contributed by atoms with Crippen molar-refractivity contribution in [3.8, 4) is 17.1 Å². The van der Waals surface area contributed by atoms with Crippen LogP contribution in [0.2, 0.25) is 10.0 Å². The van der Waals surface area contributed by atoms with Crippen molar-refractivity contribution < 1.29 is 18.8 Å². The first-order valence-corrected chi connectivity index (χ1v) is 9.30. The van der Waals surface area contributed by atoms with Crippen LogP contribution in [0, 0.1) is 0 Å². The van der Waals surface area contributed by atoms with Gasteiger partial charge in [-0.15, -0.1) is 0 Å². The Morgan fingerprint density at radius 2 is 1.79 bits per heavy atom. The van der Waals surface area contributed by atoms with E-state index in [9.17, 15) is 9.59 Å². The zero-order valence-corrected chi connectivity index (χ0v) is 16.5. The first kappa shape index (κ1) is 20.6. The predicted octanol–water partition coefficient (Wildman–Crippen LogP) is 2.97. The van der Waals surface area contributed by atoms with Crippen molar-refractivity contribution >= 4 is 35.0 Å². The van der Waals surface area contributed by atoms with Crippen LogP contribution in [0.3, 0.4) is 0 Å². The first-order chi connectivity index (χ1) is 14.0. The lowest BCUT2D eigenvalue weighted by Gasteiger charge is -2.09. The SMILES string of the molecule is O=C(COc1ccc(Cl)cc1Cl)NCCNC(=O)c1nc(-c2ccccc2)no1. The molecule has 3 rings (SSSR count). The van der Waals surface area contributed by atoms with Gasteiger partial charge >= 0.3 is 11.8 Å². The molecule has 0 saturated heterocycles. The van der Waals surface area contributed by atoms with Crippen molar-refractivity contribution in [1.29, 1.82) is 0 Å². The van der Waals surface area contributed by atoms with E-state index in [0.717, 1.165) is 5.56 Å². The van der Waals surface area contributed by atoms with Crippen molar-refractivity contribution in [3.63, 3.8) is 0 Å². The van der Waals surface area contributed by atoms with Crippen molar-refractivity contribution in [2.24, 2.45) is 0 Å². The standard InChI is InChI=1S/C19H16Cl2N4O4/c20-13-6-7-15(14(21)10-13)28-11-16(26)22-8-9-23-18(27)19-24-17(25-29-19)12-4-2-1-3-5-12/h1-7,10H,8-9,11H2,(H,22,26)(H,23,27). The van der Waals surface area contributed by atoms with Gasteiger partial charge in [-0.3, -0.25) is 9.59 Å². The minimum atomic E-state index is -0.530. The van der Waals surface area contributed by atoms with Crippen LogP contribution < -0.4 is 15.4 Å². The number of carbonyl (C=O) groups excluding carboxylic acids is 2. The molecule has 10 heteroatoms. The van der Waals surface area contributed by atoms with E-state index in [1.807, 2.05) is 18.2 Å². The van der Waals surface area contributed by atoms with E-state index < -0.39 is 5.91 Å². The molecule has 0 radical (unpaired) electrons. The Morgan fingerprint density at radius 1 is 1.03 bits per heavy atom. The van der Waals surface area contributed by atoms with E-state index in [-0.39, 0.29) is 31.5 Å². The molecule has 1 heterocycles. The number of amides is 2. The van der Waals surface area contributed by atoms with Gasteiger partial charge < -0.3 is 19.9 Å². The topological polar surface area (TPSA) is 106 Å². The summed E-state index contributed by atoms with van der Waals surface area (Å²) in [7, 11) is 0. The number of nitrogens with zero attached hydrogens (tertiary/aromatic N) is 2. The number of hydrogen-bond donors (Lipinski definition) is 2. The van der Waals surface area contributed by atoms with E-state index in [1.165, 1.54) is 6.07 Å². The van der Waals surface area contributed by atoms with Gasteiger partial charge in [-0.25, -0.2) is 0 Å². The molecule has 0 bridgehead atoms. The fraction of sp³-hybridized carbons (Fsp3) is 0.158. The molecule has 0 spiro atoms. The highest BCUT2D eigenvalue weighted by Gasteiger charge is 2.15. The van der Waals surface area contributed by atoms with Crippen LogP contribution in [-0.4, -0.2) is 41.7 Å². The van der Waals surface area contributed by atoms with Gasteiger partial charge in [0.05, 0.1) is 5.02 Å². The Morgan fingerprint density at radius 3 is 2.55 bits per heavy atom. The molecule has 3 aromatic rings. The number of rotatable bonds is 8. The largest absolute Gasteiger partial charge is 0.482 e. The van der Waals surface area contributed by atoms with Crippen molar-refractivity contribution in [3.05, 3.63) is 64.5 Å². The minimum Gasteiger partial charge on any atom is -0.482 e. The average Bonchev–Trinajstić information content (AvgIpc) is 3.21. The quantitative estimate of drug-likeness (QED) is 0.527. The third kappa shape index (κ3) is 5.94. The number of nitrogens with one attached hydrogen (secondary N) is 2. The van der Waals surface area contributed by atoms with E-state index in [0.29, 0.717) is 21.6 Å². The molecule has 0 fully saturated rings. The number of aromatic nitrogens is 2. The average molecular weight is 435 g/mol. The van der Waals surface area contributed by atoms with Crippen molar-refractivity contribution in [2.75, 3.05) is 19.7 Å². The predicted molar refractivity (Wildman–Crippen MR) is 107 cm³/mol. The summed E-state index contributed by atoms with van der Waals surface area (Å²) in [6.45, 7) is 0.149. The van der Waals surface area contributed by atoms with Gasteiger partial charge in [-0.05, 0) is 18.2 Å². The second kappa shape index (κ2) is 9.90. The molecular formula is C19H16Cl2N4O4. The highest BCUT2D eigenvalue weighted by molar-refractivity contribution is 6.35. The van der Waals surface area contributed by atoms with Gasteiger partial charge in [0.1, 0.15) is 5.75 Å². The van der Waals surface area contributed by atoms with E-state index in [2.05, 4.69) is 20.8 Å². The Kier molecular flexibility index (Phi) is 7.04. The molecule has 2 amide bonds. The second-order valence-electron chi connectivity index (χ2n) is 5.76.